The van der Waals surface area contributed by atoms with Gasteiger partial charge < -0.3 is 10.6 Å². The Morgan fingerprint density at radius 1 is 1.29 bits per heavy atom. The smallest absolute Gasteiger partial charge is 0.250 e. The third-order valence-electron chi connectivity index (χ3n) is 3.41. The molecule has 0 atom stereocenters. The van der Waals surface area contributed by atoms with Gasteiger partial charge in [0.05, 0.1) is 23.0 Å². The first-order valence-electron chi connectivity index (χ1n) is 5.79. The lowest BCUT2D eigenvalue weighted by Gasteiger charge is -2.37. The number of hydrogen-bond donors (Lipinski definition) is 2. The van der Waals surface area contributed by atoms with Crippen molar-refractivity contribution in [3.05, 3.63) is 23.8 Å². The average Bonchev–Trinajstić information content (AvgIpc) is 2.37. The van der Waals surface area contributed by atoms with Gasteiger partial charge in [-0.3, -0.25) is 4.79 Å². The lowest BCUT2D eigenvalue weighted by Crippen LogP contribution is -2.51. The minimum atomic E-state index is -0.554. The molecule has 0 bridgehead atoms. The highest BCUT2D eigenvalue weighted by atomic mass is 16.2. The lowest BCUT2D eigenvalue weighted by atomic mass is 9.89. The molecule has 0 unspecified atom stereocenters. The number of nitrogens with one attached hydrogen (secondary N) is 2. The minimum Gasteiger partial charge on any atom is -0.369 e. The molecule has 1 amide bonds. The molecule has 17 heavy (non-hydrogen) atoms. The molecule has 1 aromatic rings. The van der Waals surface area contributed by atoms with Crippen LogP contribution < -0.4 is 10.6 Å². The molecule has 2 N–H and O–H groups in total. The van der Waals surface area contributed by atoms with E-state index in [4.69, 9.17) is 5.26 Å². The highest BCUT2D eigenvalue weighted by Crippen LogP contribution is 2.34. The third-order valence-corrected chi connectivity index (χ3v) is 3.41. The molecule has 0 fully saturated rings. The van der Waals surface area contributed by atoms with Gasteiger partial charge in [-0.2, -0.15) is 5.26 Å². The Morgan fingerprint density at radius 2 is 2.00 bits per heavy atom. The Morgan fingerprint density at radius 3 is 2.59 bits per heavy atom. The van der Waals surface area contributed by atoms with Crippen molar-refractivity contribution < 1.29 is 4.79 Å². The summed E-state index contributed by atoms with van der Waals surface area (Å²) in [6.45, 7) is 3.96. The number of nitriles is 1. The van der Waals surface area contributed by atoms with Crippen LogP contribution in [0.3, 0.4) is 0 Å². The second-order valence-corrected chi connectivity index (χ2v) is 4.24. The van der Waals surface area contributed by atoms with Crippen molar-refractivity contribution in [1.29, 1.82) is 5.26 Å². The maximum Gasteiger partial charge on any atom is 0.250 e. The monoisotopic (exact) mass is 229 g/mol. The highest BCUT2D eigenvalue weighted by molar-refractivity contribution is 6.06. The van der Waals surface area contributed by atoms with Crippen LogP contribution in [0, 0.1) is 11.3 Å². The summed E-state index contributed by atoms with van der Waals surface area (Å²) >= 11 is 0. The Bertz CT molecular complexity index is 498. The molecule has 0 saturated carbocycles. The first kappa shape index (κ1) is 11.5. The molecule has 4 heteroatoms. The summed E-state index contributed by atoms with van der Waals surface area (Å²) < 4.78 is 0. The second-order valence-electron chi connectivity index (χ2n) is 4.24. The van der Waals surface area contributed by atoms with Crippen LogP contribution in [-0.4, -0.2) is 11.4 Å². The van der Waals surface area contributed by atoms with Crippen molar-refractivity contribution in [2.24, 2.45) is 0 Å². The normalized spacial score (nSPS) is 16.4. The summed E-state index contributed by atoms with van der Waals surface area (Å²) in [7, 11) is 0. The first-order chi connectivity index (χ1) is 8.15. The molecule has 1 aromatic carbocycles. The largest absolute Gasteiger partial charge is 0.369 e. The summed E-state index contributed by atoms with van der Waals surface area (Å²) in [5.41, 5.74) is 1.61. The van der Waals surface area contributed by atoms with Crippen LogP contribution in [0.5, 0.6) is 0 Å². The van der Waals surface area contributed by atoms with Crippen LogP contribution in [0.25, 0.3) is 0 Å². The van der Waals surface area contributed by atoms with Crippen molar-refractivity contribution in [1.82, 2.24) is 0 Å². The van der Waals surface area contributed by atoms with Crippen LogP contribution in [0.2, 0.25) is 0 Å². The van der Waals surface area contributed by atoms with Gasteiger partial charge in [0.1, 0.15) is 5.54 Å². The Hall–Kier alpha value is -2.02. The molecule has 0 aromatic heterocycles. The Kier molecular flexibility index (Phi) is 2.76. The predicted molar refractivity (Wildman–Crippen MR) is 66.7 cm³/mol. The van der Waals surface area contributed by atoms with E-state index in [1.165, 1.54) is 0 Å². The molecule has 1 aliphatic heterocycles. The number of rotatable bonds is 2. The number of carbonyl (C=O) groups is 1. The molecule has 1 aliphatic rings. The molecular weight excluding hydrogens is 214 g/mol. The van der Waals surface area contributed by atoms with E-state index < -0.39 is 5.54 Å². The van der Waals surface area contributed by atoms with Gasteiger partial charge in [-0.25, -0.2) is 0 Å². The van der Waals surface area contributed by atoms with Crippen LogP contribution >= 0.6 is 0 Å². The van der Waals surface area contributed by atoms with Gasteiger partial charge in [-0.15, -0.1) is 0 Å². The summed E-state index contributed by atoms with van der Waals surface area (Å²) in [4.78, 5) is 12.1. The fourth-order valence-electron chi connectivity index (χ4n) is 2.13. The maximum atomic E-state index is 12.1. The molecule has 1 heterocycles. The fourth-order valence-corrected chi connectivity index (χ4v) is 2.13. The van der Waals surface area contributed by atoms with Crippen LogP contribution in [0.15, 0.2) is 18.2 Å². The molecular formula is C13H15N3O. The highest BCUT2D eigenvalue weighted by Gasteiger charge is 2.38. The van der Waals surface area contributed by atoms with Gasteiger partial charge in [0.25, 0.3) is 0 Å². The topological polar surface area (TPSA) is 64.9 Å². The molecule has 4 nitrogen and oxygen atoms in total. The van der Waals surface area contributed by atoms with E-state index in [9.17, 15) is 4.79 Å². The van der Waals surface area contributed by atoms with Gasteiger partial charge in [-0.05, 0) is 31.0 Å². The van der Waals surface area contributed by atoms with E-state index in [2.05, 4.69) is 16.7 Å². The number of anilines is 2. The summed E-state index contributed by atoms with van der Waals surface area (Å²) in [5, 5.41) is 15.0. The zero-order chi connectivity index (χ0) is 12.5. The molecule has 0 spiro atoms. The van der Waals surface area contributed by atoms with Crippen LogP contribution in [0.4, 0.5) is 11.4 Å². The Labute approximate surface area is 101 Å². The van der Waals surface area contributed by atoms with Crippen molar-refractivity contribution in [3.8, 4) is 6.07 Å². The molecule has 0 saturated heterocycles. The number of hydrogen-bond acceptors (Lipinski definition) is 3. The predicted octanol–water partition coefficient (Wildman–Crippen LogP) is 2.48. The number of nitrogens with zero attached hydrogens (tertiary/aromatic N) is 1. The van der Waals surface area contributed by atoms with E-state index in [0.29, 0.717) is 18.4 Å². The van der Waals surface area contributed by atoms with Crippen LogP contribution in [0.1, 0.15) is 32.3 Å². The van der Waals surface area contributed by atoms with E-state index in [-0.39, 0.29) is 5.91 Å². The first-order valence-corrected chi connectivity index (χ1v) is 5.79. The molecule has 88 valence electrons. The number of amides is 1. The number of carbonyl (C=O) groups excluding carboxylic acids is 1. The molecule has 0 aliphatic carbocycles. The number of fused-ring (bicyclic) bond motifs is 1. The average molecular weight is 229 g/mol. The van der Waals surface area contributed by atoms with Gasteiger partial charge in [0.2, 0.25) is 5.91 Å². The summed E-state index contributed by atoms with van der Waals surface area (Å²) in [6.07, 6.45) is 1.43. The maximum absolute atomic E-state index is 12.1. The third kappa shape index (κ3) is 1.74. The van der Waals surface area contributed by atoms with Gasteiger partial charge in [0.15, 0.2) is 0 Å². The van der Waals surface area contributed by atoms with Crippen molar-refractivity contribution in [2.45, 2.75) is 32.2 Å². The van der Waals surface area contributed by atoms with E-state index >= 15 is 0 Å². The second kappa shape index (κ2) is 4.10. The molecule has 2 rings (SSSR count). The van der Waals surface area contributed by atoms with Crippen molar-refractivity contribution >= 4 is 17.3 Å². The Balaban J connectivity index is 2.45. The zero-order valence-corrected chi connectivity index (χ0v) is 10.0. The lowest BCUT2D eigenvalue weighted by molar-refractivity contribution is -0.120. The van der Waals surface area contributed by atoms with Gasteiger partial charge in [-0.1, -0.05) is 13.8 Å². The van der Waals surface area contributed by atoms with E-state index in [1.54, 1.807) is 18.2 Å². The fraction of sp³-hybridized carbons (Fsp3) is 0.385. The van der Waals surface area contributed by atoms with E-state index in [1.807, 2.05) is 13.8 Å². The standard InChI is InChI=1S/C13H15N3O/c1-3-13(4-2)12(17)15-10-6-5-9(8-14)7-11(10)16-13/h5-7,16H,3-4H2,1-2H3,(H,15,17). The van der Waals surface area contributed by atoms with Gasteiger partial charge >= 0.3 is 0 Å². The minimum absolute atomic E-state index is 0.000271. The number of benzene rings is 1. The van der Waals surface area contributed by atoms with Gasteiger partial charge in [0, 0.05) is 0 Å². The van der Waals surface area contributed by atoms with E-state index in [0.717, 1.165) is 11.4 Å². The molecule has 0 radical (unpaired) electrons. The quantitative estimate of drug-likeness (QED) is 0.818. The van der Waals surface area contributed by atoms with Crippen molar-refractivity contribution in [3.63, 3.8) is 0 Å². The van der Waals surface area contributed by atoms with Crippen LogP contribution in [-0.2, 0) is 4.79 Å². The summed E-state index contributed by atoms with van der Waals surface area (Å²) in [6, 6.07) is 7.33. The van der Waals surface area contributed by atoms with Crippen molar-refractivity contribution in [2.75, 3.05) is 10.6 Å². The zero-order valence-electron chi connectivity index (χ0n) is 10.0. The SMILES string of the molecule is CCC1(CC)Nc2cc(C#N)ccc2NC1=O. The summed E-state index contributed by atoms with van der Waals surface area (Å²) in [5.74, 6) is -0.000271.